The van der Waals surface area contributed by atoms with Crippen LogP contribution in [-0.2, 0) is 25.9 Å². The predicted octanol–water partition coefficient (Wildman–Crippen LogP) is 8.00. The Bertz CT molecular complexity index is 2370. The Morgan fingerprint density at radius 3 is 1.41 bits per heavy atom. The molecule has 4 aromatic heterocycles. The number of nitrogens with zero attached hydrogens (tertiary/aromatic N) is 12. The van der Waals surface area contributed by atoms with Crippen LogP contribution >= 0.6 is 21.6 Å². The van der Waals surface area contributed by atoms with Crippen LogP contribution in [0.1, 0.15) is 47.2 Å². The van der Waals surface area contributed by atoms with E-state index in [2.05, 4.69) is 121 Å². The quantitative estimate of drug-likeness (QED) is 0.107. The Hall–Kier alpha value is -5.86. The Kier molecular flexibility index (Phi) is 10.2. The molecule has 0 spiro atoms. The lowest BCUT2D eigenvalue weighted by Gasteiger charge is -2.14. The zero-order valence-electron chi connectivity index (χ0n) is 30.4. The largest absolute Gasteiger partial charge is 0.225 e. The molecule has 0 radical (unpaired) electrons. The molecular formula is C40H38N12S2. The lowest BCUT2D eigenvalue weighted by Crippen LogP contribution is -2.04. The van der Waals surface area contributed by atoms with Crippen LogP contribution in [0.25, 0.3) is 34.2 Å². The van der Waals surface area contributed by atoms with Gasteiger partial charge in [0.25, 0.3) is 0 Å². The van der Waals surface area contributed by atoms with Crippen LogP contribution in [0, 0.1) is 13.8 Å². The molecule has 54 heavy (non-hydrogen) atoms. The third-order valence-electron chi connectivity index (χ3n) is 9.05. The van der Waals surface area contributed by atoms with E-state index >= 15 is 0 Å². The summed E-state index contributed by atoms with van der Waals surface area (Å²) in [6, 6.07) is 33.3. The third kappa shape index (κ3) is 7.34. The Morgan fingerprint density at radius 2 is 0.981 bits per heavy atom. The van der Waals surface area contributed by atoms with E-state index in [1.165, 1.54) is 22.3 Å². The lowest BCUT2D eigenvalue weighted by atomic mass is 10.1. The molecule has 0 aliphatic rings. The zero-order chi connectivity index (χ0) is 37.0. The first kappa shape index (κ1) is 35.2. The Balaban J connectivity index is 1.19. The highest BCUT2D eigenvalue weighted by atomic mass is 33.1. The molecule has 14 heteroatoms. The highest BCUT2D eigenvalue weighted by Crippen LogP contribution is 2.46. The van der Waals surface area contributed by atoms with E-state index in [0.717, 1.165) is 56.5 Å². The average molecular weight is 751 g/mol. The van der Waals surface area contributed by atoms with Crippen molar-refractivity contribution in [1.82, 2.24) is 60.0 Å². The number of benzene rings is 4. The molecule has 0 fully saturated rings. The summed E-state index contributed by atoms with van der Waals surface area (Å²) in [5.74, 6) is 0.994. The van der Waals surface area contributed by atoms with Crippen LogP contribution in [0.3, 0.4) is 0 Å². The van der Waals surface area contributed by atoms with Crippen LogP contribution in [0.2, 0.25) is 0 Å². The maximum Gasteiger partial charge on any atom is 0.209 e. The van der Waals surface area contributed by atoms with E-state index in [9.17, 15) is 0 Å². The molecule has 0 unspecified atom stereocenters. The Labute approximate surface area is 321 Å². The highest BCUT2D eigenvalue weighted by molar-refractivity contribution is 8.76. The van der Waals surface area contributed by atoms with Gasteiger partial charge in [-0.3, -0.25) is 0 Å². The summed E-state index contributed by atoms with van der Waals surface area (Å²) < 4.78 is 3.95. The minimum Gasteiger partial charge on any atom is -0.225 e. The van der Waals surface area contributed by atoms with Gasteiger partial charge in [-0.05, 0) is 93.1 Å². The number of tetrazole rings is 2. The van der Waals surface area contributed by atoms with Crippen LogP contribution < -0.4 is 0 Å². The summed E-state index contributed by atoms with van der Waals surface area (Å²) in [6.45, 7) is 9.48. The fourth-order valence-corrected chi connectivity index (χ4v) is 8.87. The van der Waals surface area contributed by atoms with E-state index < -0.39 is 0 Å². The van der Waals surface area contributed by atoms with Gasteiger partial charge in [-0.2, -0.15) is 19.8 Å². The standard InChI is InChI=1S/C40H38N12S2/c1-5-31-17-7-9-19-35(31)51-39(33(23-41-51)37-43-47-49(45-37)25-29-15-11-13-27(3)21-29)53-54-40-34(24-42-52(40)36-20-10-8-18-32(36)6-2)38-44-48-50(46-38)26-30-16-12-14-28(4)22-30/h7-24H,5-6,25-26H2,1-4H3. The van der Waals surface area contributed by atoms with E-state index in [1.807, 2.05) is 46.0 Å². The van der Waals surface area contributed by atoms with Gasteiger partial charge < -0.3 is 0 Å². The molecule has 12 nitrogen and oxygen atoms in total. The smallest absolute Gasteiger partial charge is 0.209 e. The normalized spacial score (nSPS) is 11.4. The zero-order valence-corrected chi connectivity index (χ0v) is 32.0. The monoisotopic (exact) mass is 750 g/mol. The summed E-state index contributed by atoms with van der Waals surface area (Å²) >= 11 is 0. The molecule has 0 N–H and O–H groups in total. The van der Waals surface area contributed by atoms with Gasteiger partial charge in [0, 0.05) is 0 Å². The van der Waals surface area contributed by atoms with Gasteiger partial charge in [0.1, 0.15) is 10.1 Å². The van der Waals surface area contributed by atoms with Crippen molar-refractivity contribution in [3.63, 3.8) is 0 Å². The van der Waals surface area contributed by atoms with Crippen molar-refractivity contribution in [1.29, 1.82) is 0 Å². The molecule has 0 aliphatic carbocycles. The van der Waals surface area contributed by atoms with E-state index in [-0.39, 0.29) is 0 Å². The topological polar surface area (TPSA) is 123 Å². The van der Waals surface area contributed by atoms with Crippen LogP contribution in [-0.4, -0.2) is 60.0 Å². The van der Waals surface area contributed by atoms with Crippen LogP contribution in [0.5, 0.6) is 0 Å². The molecule has 8 rings (SSSR count). The second-order valence-electron chi connectivity index (χ2n) is 12.9. The lowest BCUT2D eigenvalue weighted by molar-refractivity contribution is 0.572. The molecule has 0 aliphatic heterocycles. The van der Waals surface area contributed by atoms with E-state index in [0.29, 0.717) is 24.7 Å². The highest BCUT2D eigenvalue weighted by Gasteiger charge is 2.25. The van der Waals surface area contributed by atoms with Crippen molar-refractivity contribution in [3.8, 4) is 34.2 Å². The Morgan fingerprint density at radius 1 is 0.537 bits per heavy atom. The maximum absolute atomic E-state index is 4.92. The number of hydrogen-bond donors (Lipinski definition) is 0. The van der Waals surface area contributed by atoms with Crippen molar-refractivity contribution < 1.29 is 0 Å². The van der Waals surface area contributed by atoms with Crippen LogP contribution in [0.4, 0.5) is 0 Å². The van der Waals surface area contributed by atoms with Crippen molar-refractivity contribution in [2.45, 2.75) is 63.7 Å². The molecular weight excluding hydrogens is 713 g/mol. The third-order valence-corrected chi connectivity index (χ3v) is 11.4. The second-order valence-corrected chi connectivity index (χ2v) is 15.1. The summed E-state index contributed by atoms with van der Waals surface area (Å²) in [5.41, 5.74) is 10.5. The second kappa shape index (κ2) is 15.6. The molecule has 4 aromatic carbocycles. The van der Waals surface area contributed by atoms with Crippen molar-refractivity contribution in [2.24, 2.45) is 0 Å². The number of aryl methyl sites for hydroxylation is 4. The summed E-state index contributed by atoms with van der Waals surface area (Å²) in [7, 11) is 3.12. The molecule has 270 valence electrons. The summed E-state index contributed by atoms with van der Waals surface area (Å²) in [5, 5.41) is 39.1. The van der Waals surface area contributed by atoms with Gasteiger partial charge in [-0.1, -0.05) is 110 Å². The van der Waals surface area contributed by atoms with Gasteiger partial charge in [0.05, 0.1) is 48.0 Å². The maximum atomic E-state index is 4.92. The minimum absolute atomic E-state index is 0.497. The van der Waals surface area contributed by atoms with Gasteiger partial charge >= 0.3 is 0 Å². The molecule has 0 bridgehead atoms. The molecule has 0 saturated heterocycles. The number of rotatable bonds is 13. The fourth-order valence-electron chi connectivity index (χ4n) is 6.38. The first-order valence-electron chi connectivity index (χ1n) is 17.8. The number of hydrogen-bond acceptors (Lipinski definition) is 10. The molecule has 0 atom stereocenters. The minimum atomic E-state index is 0.497. The van der Waals surface area contributed by atoms with Crippen molar-refractivity contribution in [3.05, 3.63) is 143 Å². The van der Waals surface area contributed by atoms with Crippen molar-refractivity contribution in [2.75, 3.05) is 0 Å². The van der Waals surface area contributed by atoms with E-state index in [1.54, 1.807) is 31.2 Å². The van der Waals surface area contributed by atoms with Gasteiger partial charge in [0.2, 0.25) is 11.6 Å². The first-order valence-corrected chi connectivity index (χ1v) is 20.0. The number of para-hydroxylation sites is 2. The SMILES string of the molecule is CCc1ccccc1-n1ncc(-c2nnn(Cc3cccc(C)c3)n2)c1SSc1c(-c2nnn(Cc3cccc(C)c3)n2)cnn1-c1ccccc1CC. The van der Waals surface area contributed by atoms with Gasteiger partial charge in [-0.15, -0.1) is 20.4 Å². The molecule has 0 amide bonds. The molecule has 8 aromatic rings. The van der Waals surface area contributed by atoms with Crippen LogP contribution in [0.15, 0.2) is 120 Å². The van der Waals surface area contributed by atoms with E-state index in [4.69, 9.17) is 20.4 Å². The molecule has 4 heterocycles. The van der Waals surface area contributed by atoms with Gasteiger partial charge in [-0.25, -0.2) is 9.36 Å². The molecule has 0 saturated carbocycles. The number of aromatic nitrogens is 12. The van der Waals surface area contributed by atoms with Gasteiger partial charge in [0.15, 0.2) is 0 Å². The fraction of sp³-hybridized carbons (Fsp3) is 0.200. The summed E-state index contributed by atoms with van der Waals surface area (Å²) in [6.07, 6.45) is 5.35. The van der Waals surface area contributed by atoms with Crippen molar-refractivity contribution >= 4 is 21.6 Å². The first-order chi connectivity index (χ1) is 26.5. The average Bonchev–Trinajstić information content (AvgIpc) is 4.01. The summed E-state index contributed by atoms with van der Waals surface area (Å²) in [4.78, 5) is 3.26. The predicted molar refractivity (Wildman–Crippen MR) is 212 cm³/mol.